The lowest BCUT2D eigenvalue weighted by atomic mass is 10.1. The smallest absolute Gasteiger partial charge is 0.293 e. The molecule has 0 bridgehead atoms. The number of benzene rings is 2. The zero-order valence-electron chi connectivity index (χ0n) is 14.9. The highest BCUT2D eigenvalue weighted by molar-refractivity contribution is 7.89. The molecule has 1 N–H and O–H groups in total. The van der Waals surface area contributed by atoms with Crippen molar-refractivity contribution in [1.29, 1.82) is 0 Å². The highest BCUT2D eigenvalue weighted by atomic mass is 32.2. The molecule has 0 aliphatic carbocycles. The molecule has 1 atom stereocenters. The standard InChI is InChI=1S/C18H21N3O5S/c1-14(15-5-3-2-4-6-15)19-17-8-7-16(13-18(17)21(22)23)27(24,25)20-9-11-26-12-10-20/h2-8,13-14,19H,9-12H2,1H3/t14-/m0/s1. The van der Waals surface area contributed by atoms with Gasteiger partial charge in [-0.3, -0.25) is 10.1 Å². The van der Waals surface area contributed by atoms with E-state index in [1.165, 1.54) is 16.4 Å². The number of nitrogens with zero attached hydrogens (tertiary/aromatic N) is 2. The number of morpholine rings is 1. The third kappa shape index (κ3) is 4.26. The molecule has 0 amide bonds. The van der Waals surface area contributed by atoms with Gasteiger partial charge < -0.3 is 10.1 Å². The van der Waals surface area contributed by atoms with Crippen molar-refractivity contribution >= 4 is 21.4 Å². The fraction of sp³-hybridized carbons (Fsp3) is 0.333. The van der Waals surface area contributed by atoms with Crippen LogP contribution in [0.3, 0.4) is 0 Å². The Kier molecular flexibility index (Phi) is 5.73. The van der Waals surface area contributed by atoms with E-state index < -0.39 is 14.9 Å². The van der Waals surface area contributed by atoms with Crippen LogP contribution in [0.2, 0.25) is 0 Å². The quantitative estimate of drug-likeness (QED) is 0.600. The Morgan fingerprint density at radius 2 is 1.81 bits per heavy atom. The Bertz CT molecular complexity index is 912. The number of sulfonamides is 1. The normalized spacial score (nSPS) is 16.6. The Labute approximate surface area is 158 Å². The van der Waals surface area contributed by atoms with E-state index in [-0.39, 0.29) is 35.4 Å². The second-order valence-corrected chi connectivity index (χ2v) is 8.17. The van der Waals surface area contributed by atoms with Crippen LogP contribution in [-0.2, 0) is 14.8 Å². The van der Waals surface area contributed by atoms with Gasteiger partial charge in [-0.25, -0.2) is 8.42 Å². The van der Waals surface area contributed by atoms with Crippen LogP contribution in [0.15, 0.2) is 53.4 Å². The van der Waals surface area contributed by atoms with Gasteiger partial charge in [0.25, 0.3) is 5.69 Å². The number of nitro groups is 1. The largest absolute Gasteiger partial charge is 0.379 e. The summed E-state index contributed by atoms with van der Waals surface area (Å²) in [4.78, 5) is 10.9. The molecule has 0 spiro atoms. The second-order valence-electron chi connectivity index (χ2n) is 6.23. The summed E-state index contributed by atoms with van der Waals surface area (Å²) in [6, 6.07) is 13.3. The number of nitrogens with one attached hydrogen (secondary N) is 1. The van der Waals surface area contributed by atoms with Gasteiger partial charge in [0.2, 0.25) is 10.0 Å². The first-order valence-electron chi connectivity index (χ1n) is 8.57. The Morgan fingerprint density at radius 3 is 2.44 bits per heavy atom. The molecular weight excluding hydrogens is 370 g/mol. The SMILES string of the molecule is C[C@H](Nc1ccc(S(=O)(=O)N2CCOCC2)cc1[N+](=O)[O-])c1ccccc1. The molecule has 0 saturated carbocycles. The van der Waals surface area contributed by atoms with Crippen LogP contribution in [0, 0.1) is 10.1 Å². The molecule has 8 nitrogen and oxygen atoms in total. The summed E-state index contributed by atoms with van der Waals surface area (Å²) < 4.78 is 31.9. The summed E-state index contributed by atoms with van der Waals surface area (Å²) >= 11 is 0. The van der Waals surface area contributed by atoms with Gasteiger partial charge in [0.05, 0.1) is 23.0 Å². The van der Waals surface area contributed by atoms with Crippen molar-refractivity contribution in [2.75, 3.05) is 31.6 Å². The van der Waals surface area contributed by atoms with E-state index in [1.54, 1.807) is 0 Å². The summed E-state index contributed by atoms with van der Waals surface area (Å²) in [6.07, 6.45) is 0. The topological polar surface area (TPSA) is 102 Å². The maximum absolute atomic E-state index is 12.7. The van der Waals surface area contributed by atoms with Crippen molar-refractivity contribution in [3.8, 4) is 0 Å². The molecule has 27 heavy (non-hydrogen) atoms. The van der Waals surface area contributed by atoms with E-state index in [9.17, 15) is 18.5 Å². The molecule has 0 unspecified atom stereocenters. The third-order valence-electron chi connectivity index (χ3n) is 4.45. The van der Waals surface area contributed by atoms with Gasteiger partial charge in [-0.2, -0.15) is 4.31 Å². The fourth-order valence-corrected chi connectivity index (χ4v) is 4.37. The molecule has 0 radical (unpaired) electrons. The fourth-order valence-electron chi connectivity index (χ4n) is 2.94. The zero-order chi connectivity index (χ0) is 19.4. The van der Waals surface area contributed by atoms with Crippen LogP contribution >= 0.6 is 0 Å². The van der Waals surface area contributed by atoms with Gasteiger partial charge in [0.15, 0.2) is 0 Å². The van der Waals surface area contributed by atoms with E-state index in [0.29, 0.717) is 13.2 Å². The lowest BCUT2D eigenvalue weighted by Gasteiger charge is -2.26. The first-order valence-corrected chi connectivity index (χ1v) is 10.0. The van der Waals surface area contributed by atoms with Crippen molar-refractivity contribution in [2.24, 2.45) is 0 Å². The molecule has 1 fully saturated rings. The third-order valence-corrected chi connectivity index (χ3v) is 6.34. The van der Waals surface area contributed by atoms with Crippen molar-refractivity contribution < 1.29 is 18.1 Å². The summed E-state index contributed by atoms with van der Waals surface area (Å²) in [6.45, 7) is 2.99. The van der Waals surface area contributed by atoms with E-state index >= 15 is 0 Å². The van der Waals surface area contributed by atoms with E-state index in [0.717, 1.165) is 11.6 Å². The van der Waals surface area contributed by atoms with Crippen LogP contribution in [0.1, 0.15) is 18.5 Å². The van der Waals surface area contributed by atoms with Gasteiger partial charge in [0.1, 0.15) is 5.69 Å². The molecular formula is C18H21N3O5S. The van der Waals surface area contributed by atoms with Gasteiger partial charge in [-0.05, 0) is 24.6 Å². The number of hydrogen-bond acceptors (Lipinski definition) is 6. The summed E-state index contributed by atoms with van der Waals surface area (Å²) in [5.41, 5.74) is 0.973. The lowest BCUT2D eigenvalue weighted by Crippen LogP contribution is -2.40. The van der Waals surface area contributed by atoms with E-state index in [1.807, 2.05) is 37.3 Å². The minimum Gasteiger partial charge on any atom is -0.379 e. The molecule has 1 aliphatic heterocycles. The maximum Gasteiger partial charge on any atom is 0.293 e. The monoisotopic (exact) mass is 391 g/mol. The maximum atomic E-state index is 12.7. The van der Waals surface area contributed by atoms with E-state index in [4.69, 9.17) is 4.74 Å². The van der Waals surface area contributed by atoms with Crippen molar-refractivity contribution in [2.45, 2.75) is 17.9 Å². The Balaban J connectivity index is 1.90. The van der Waals surface area contributed by atoms with Crippen LogP contribution < -0.4 is 5.32 Å². The number of rotatable bonds is 6. The van der Waals surface area contributed by atoms with Gasteiger partial charge in [-0.1, -0.05) is 30.3 Å². The molecule has 1 aliphatic rings. The first kappa shape index (κ1) is 19.3. The lowest BCUT2D eigenvalue weighted by molar-refractivity contribution is -0.384. The van der Waals surface area contributed by atoms with Crippen molar-refractivity contribution in [3.63, 3.8) is 0 Å². The van der Waals surface area contributed by atoms with E-state index in [2.05, 4.69) is 5.32 Å². The van der Waals surface area contributed by atoms with Gasteiger partial charge in [0, 0.05) is 25.2 Å². The second kappa shape index (κ2) is 8.03. The van der Waals surface area contributed by atoms with Gasteiger partial charge >= 0.3 is 0 Å². The molecule has 9 heteroatoms. The predicted molar refractivity (Wildman–Crippen MR) is 101 cm³/mol. The highest BCUT2D eigenvalue weighted by Crippen LogP contribution is 2.31. The predicted octanol–water partition coefficient (Wildman–Crippen LogP) is 2.79. The van der Waals surface area contributed by atoms with Crippen LogP contribution in [0.4, 0.5) is 11.4 Å². The summed E-state index contributed by atoms with van der Waals surface area (Å²) in [5, 5.41) is 14.6. The number of hydrogen-bond donors (Lipinski definition) is 1. The van der Waals surface area contributed by atoms with Crippen LogP contribution in [0.25, 0.3) is 0 Å². The van der Waals surface area contributed by atoms with Crippen LogP contribution in [-0.4, -0.2) is 43.9 Å². The zero-order valence-corrected chi connectivity index (χ0v) is 15.7. The first-order chi connectivity index (χ1) is 12.9. The molecule has 3 rings (SSSR count). The van der Waals surface area contributed by atoms with Gasteiger partial charge in [-0.15, -0.1) is 0 Å². The molecule has 1 heterocycles. The Hall–Kier alpha value is -2.49. The summed E-state index contributed by atoms with van der Waals surface area (Å²) in [5.74, 6) is 0. The minimum atomic E-state index is -3.79. The number of ether oxygens (including phenoxy) is 1. The molecule has 144 valence electrons. The molecule has 0 aromatic heterocycles. The van der Waals surface area contributed by atoms with Crippen LogP contribution in [0.5, 0.6) is 0 Å². The average molecular weight is 391 g/mol. The molecule has 1 saturated heterocycles. The molecule has 2 aromatic rings. The number of anilines is 1. The number of nitro benzene ring substituents is 1. The summed E-state index contributed by atoms with van der Waals surface area (Å²) in [7, 11) is -3.79. The van der Waals surface area contributed by atoms with Crippen molar-refractivity contribution in [1.82, 2.24) is 4.31 Å². The average Bonchev–Trinajstić information content (AvgIpc) is 2.69. The Morgan fingerprint density at radius 1 is 1.15 bits per heavy atom. The minimum absolute atomic E-state index is 0.0889. The van der Waals surface area contributed by atoms with Crippen molar-refractivity contribution in [3.05, 3.63) is 64.2 Å². The molecule has 2 aromatic carbocycles. The highest BCUT2D eigenvalue weighted by Gasteiger charge is 2.29.